The summed E-state index contributed by atoms with van der Waals surface area (Å²) in [6, 6.07) is 0. The molecule has 0 amide bonds. The van der Waals surface area contributed by atoms with E-state index >= 15 is 0 Å². The molecule has 0 saturated carbocycles. The molecule has 1 aliphatic heterocycles. The highest BCUT2D eigenvalue weighted by molar-refractivity contribution is 5.90. The standard InChI is InChI=1S/C10H15NO2/c1-10(2)5-6-11(3)7-8(10)9(12)13-4/h5-7H,1-4H3. The van der Waals surface area contributed by atoms with Crippen LogP contribution in [-0.2, 0) is 9.53 Å². The Balaban J connectivity index is 2.98. The number of rotatable bonds is 1. The highest BCUT2D eigenvalue weighted by Gasteiger charge is 2.29. The average molecular weight is 181 g/mol. The first-order valence-corrected chi connectivity index (χ1v) is 4.19. The van der Waals surface area contributed by atoms with Gasteiger partial charge in [0.15, 0.2) is 0 Å². The van der Waals surface area contributed by atoms with Gasteiger partial charge in [0.25, 0.3) is 0 Å². The van der Waals surface area contributed by atoms with Gasteiger partial charge in [-0.25, -0.2) is 4.79 Å². The van der Waals surface area contributed by atoms with Gasteiger partial charge in [-0.2, -0.15) is 0 Å². The van der Waals surface area contributed by atoms with Crippen molar-refractivity contribution in [2.75, 3.05) is 14.2 Å². The Hall–Kier alpha value is -1.25. The summed E-state index contributed by atoms with van der Waals surface area (Å²) in [6.45, 7) is 3.97. The molecule has 0 fully saturated rings. The molecule has 13 heavy (non-hydrogen) atoms. The number of allylic oxidation sites excluding steroid dienone is 1. The van der Waals surface area contributed by atoms with Gasteiger partial charge in [0.1, 0.15) is 0 Å². The Morgan fingerprint density at radius 3 is 2.69 bits per heavy atom. The van der Waals surface area contributed by atoms with E-state index in [1.165, 1.54) is 7.11 Å². The van der Waals surface area contributed by atoms with Crippen LogP contribution >= 0.6 is 0 Å². The lowest BCUT2D eigenvalue weighted by molar-refractivity contribution is -0.137. The van der Waals surface area contributed by atoms with Crippen LogP contribution in [0.3, 0.4) is 0 Å². The molecule has 1 heterocycles. The minimum atomic E-state index is -0.263. The molecule has 3 heteroatoms. The molecule has 0 unspecified atom stereocenters. The van der Waals surface area contributed by atoms with Crippen molar-refractivity contribution in [1.82, 2.24) is 4.90 Å². The topological polar surface area (TPSA) is 29.5 Å². The van der Waals surface area contributed by atoms with Crippen molar-refractivity contribution in [1.29, 1.82) is 0 Å². The number of methoxy groups -OCH3 is 1. The molecule has 0 radical (unpaired) electrons. The molecule has 0 bridgehead atoms. The summed E-state index contributed by atoms with van der Waals surface area (Å²) in [4.78, 5) is 13.2. The first-order valence-electron chi connectivity index (χ1n) is 4.19. The fraction of sp³-hybridized carbons (Fsp3) is 0.500. The monoisotopic (exact) mass is 181 g/mol. The van der Waals surface area contributed by atoms with Gasteiger partial charge in [0.05, 0.1) is 12.7 Å². The van der Waals surface area contributed by atoms with E-state index in [9.17, 15) is 4.79 Å². The molecule has 3 nitrogen and oxygen atoms in total. The van der Waals surface area contributed by atoms with E-state index in [1.54, 1.807) is 6.20 Å². The molecule has 0 aromatic heterocycles. The van der Waals surface area contributed by atoms with Crippen LogP contribution in [0.5, 0.6) is 0 Å². The quantitative estimate of drug-likeness (QED) is 0.574. The van der Waals surface area contributed by atoms with E-state index in [1.807, 2.05) is 38.1 Å². The van der Waals surface area contributed by atoms with Crippen LogP contribution in [0.4, 0.5) is 0 Å². The predicted molar refractivity (Wildman–Crippen MR) is 50.8 cm³/mol. The number of hydrogen-bond acceptors (Lipinski definition) is 3. The zero-order valence-corrected chi connectivity index (χ0v) is 8.50. The normalized spacial score (nSPS) is 19.7. The zero-order chi connectivity index (χ0) is 10.1. The number of carbonyl (C=O) groups excluding carboxylic acids is 1. The lowest BCUT2D eigenvalue weighted by atomic mass is 9.83. The summed E-state index contributed by atoms with van der Waals surface area (Å²) in [5.74, 6) is -0.263. The van der Waals surface area contributed by atoms with Crippen molar-refractivity contribution in [2.24, 2.45) is 5.41 Å². The summed E-state index contributed by atoms with van der Waals surface area (Å²) in [6.07, 6.45) is 5.72. The van der Waals surface area contributed by atoms with Crippen LogP contribution in [0, 0.1) is 5.41 Å². The van der Waals surface area contributed by atoms with Gasteiger partial charge >= 0.3 is 5.97 Å². The van der Waals surface area contributed by atoms with Gasteiger partial charge in [0.2, 0.25) is 0 Å². The molecule has 0 aromatic carbocycles. The molecule has 0 N–H and O–H groups in total. The SMILES string of the molecule is COC(=O)C1=CN(C)C=CC1(C)C. The molecule has 0 spiro atoms. The van der Waals surface area contributed by atoms with E-state index in [0.29, 0.717) is 5.57 Å². The summed E-state index contributed by atoms with van der Waals surface area (Å²) in [5, 5.41) is 0. The summed E-state index contributed by atoms with van der Waals surface area (Å²) < 4.78 is 4.71. The maximum Gasteiger partial charge on any atom is 0.336 e. The van der Waals surface area contributed by atoms with Gasteiger partial charge in [-0.15, -0.1) is 0 Å². The number of ether oxygens (including phenoxy) is 1. The molecule has 0 aliphatic carbocycles. The summed E-state index contributed by atoms with van der Waals surface area (Å²) in [5.41, 5.74) is 0.444. The van der Waals surface area contributed by atoms with E-state index < -0.39 is 0 Å². The second-order valence-electron chi connectivity index (χ2n) is 3.74. The Morgan fingerprint density at radius 1 is 1.54 bits per heavy atom. The molecular weight excluding hydrogens is 166 g/mol. The fourth-order valence-corrected chi connectivity index (χ4v) is 1.23. The third kappa shape index (κ3) is 1.91. The van der Waals surface area contributed by atoms with Crippen molar-refractivity contribution in [3.63, 3.8) is 0 Å². The third-order valence-corrected chi connectivity index (χ3v) is 2.16. The van der Waals surface area contributed by atoms with E-state index in [4.69, 9.17) is 4.74 Å². The van der Waals surface area contributed by atoms with Gasteiger partial charge in [-0.3, -0.25) is 0 Å². The van der Waals surface area contributed by atoms with Crippen LogP contribution in [-0.4, -0.2) is 25.0 Å². The Bertz CT molecular complexity index is 277. The van der Waals surface area contributed by atoms with Crippen LogP contribution in [0.25, 0.3) is 0 Å². The lowest BCUT2D eigenvalue weighted by Crippen LogP contribution is -2.26. The van der Waals surface area contributed by atoms with Crippen LogP contribution in [0.1, 0.15) is 13.8 Å². The smallest absolute Gasteiger partial charge is 0.336 e. The van der Waals surface area contributed by atoms with Gasteiger partial charge < -0.3 is 9.64 Å². The molecular formula is C10H15NO2. The second-order valence-corrected chi connectivity index (χ2v) is 3.74. The first kappa shape index (κ1) is 9.84. The third-order valence-electron chi connectivity index (χ3n) is 2.16. The number of esters is 1. The molecule has 1 rings (SSSR count). The van der Waals surface area contributed by atoms with Crippen molar-refractivity contribution in [2.45, 2.75) is 13.8 Å². The van der Waals surface area contributed by atoms with Crippen molar-refractivity contribution >= 4 is 5.97 Å². The Labute approximate surface area is 78.7 Å². The van der Waals surface area contributed by atoms with Crippen molar-refractivity contribution < 1.29 is 9.53 Å². The Kier molecular flexibility index (Phi) is 2.45. The fourth-order valence-electron chi connectivity index (χ4n) is 1.23. The average Bonchev–Trinajstić information content (AvgIpc) is 2.08. The van der Waals surface area contributed by atoms with Crippen LogP contribution in [0.2, 0.25) is 0 Å². The van der Waals surface area contributed by atoms with Gasteiger partial charge in [0, 0.05) is 24.9 Å². The van der Waals surface area contributed by atoms with E-state index in [-0.39, 0.29) is 11.4 Å². The molecule has 0 saturated heterocycles. The molecule has 72 valence electrons. The summed E-state index contributed by atoms with van der Waals surface area (Å²) >= 11 is 0. The number of hydrogen-bond donors (Lipinski definition) is 0. The molecule has 0 atom stereocenters. The largest absolute Gasteiger partial charge is 0.466 e. The van der Waals surface area contributed by atoms with Gasteiger partial charge in [-0.05, 0) is 0 Å². The van der Waals surface area contributed by atoms with Crippen LogP contribution in [0.15, 0.2) is 24.0 Å². The first-order chi connectivity index (χ1) is 5.97. The van der Waals surface area contributed by atoms with Crippen molar-refractivity contribution in [3.8, 4) is 0 Å². The highest BCUT2D eigenvalue weighted by atomic mass is 16.5. The zero-order valence-electron chi connectivity index (χ0n) is 8.50. The van der Waals surface area contributed by atoms with E-state index in [0.717, 1.165) is 0 Å². The van der Waals surface area contributed by atoms with Crippen molar-refractivity contribution in [3.05, 3.63) is 24.0 Å². The van der Waals surface area contributed by atoms with Gasteiger partial charge in [-0.1, -0.05) is 19.9 Å². The number of nitrogens with zero attached hydrogens (tertiary/aromatic N) is 1. The maximum absolute atomic E-state index is 11.4. The molecule has 0 aromatic rings. The minimum absolute atomic E-state index is 0.237. The van der Waals surface area contributed by atoms with E-state index in [2.05, 4.69) is 0 Å². The summed E-state index contributed by atoms with van der Waals surface area (Å²) in [7, 11) is 3.28. The minimum Gasteiger partial charge on any atom is -0.466 e. The molecule has 1 aliphatic rings. The second kappa shape index (κ2) is 3.24. The van der Waals surface area contributed by atoms with Crippen LogP contribution < -0.4 is 0 Å². The highest BCUT2D eigenvalue weighted by Crippen LogP contribution is 2.31. The Morgan fingerprint density at radius 2 is 2.15 bits per heavy atom. The lowest BCUT2D eigenvalue weighted by Gasteiger charge is -2.28. The number of carbonyl (C=O) groups is 1. The predicted octanol–water partition coefficient (Wildman–Crippen LogP) is 1.53. The maximum atomic E-state index is 11.4.